The highest BCUT2D eigenvalue weighted by molar-refractivity contribution is 5.80. The third kappa shape index (κ3) is 5.57. The molecule has 0 radical (unpaired) electrons. The molecule has 2 aliphatic rings. The molecule has 0 bridgehead atoms. The number of ether oxygens (including phenoxy) is 2. The molecule has 190 valence electrons. The summed E-state index contributed by atoms with van der Waals surface area (Å²) in [5.41, 5.74) is 12.1. The van der Waals surface area contributed by atoms with Gasteiger partial charge in [0.1, 0.15) is 17.7 Å². The molecule has 3 unspecified atom stereocenters. The molecular formula is C22H30N6O7. The largest absolute Gasteiger partial charge is 0.480 e. The number of anilines is 4. The van der Waals surface area contributed by atoms with Crippen molar-refractivity contribution in [2.45, 2.75) is 37.5 Å². The number of aliphatic hydroxyl groups excluding tert-OH is 1. The van der Waals surface area contributed by atoms with Gasteiger partial charge in [-0.15, -0.1) is 0 Å². The van der Waals surface area contributed by atoms with Gasteiger partial charge in [0.15, 0.2) is 6.04 Å². The Hall–Kier alpha value is -4.00. The molecule has 0 amide bonds. The van der Waals surface area contributed by atoms with Gasteiger partial charge < -0.3 is 46.1 Å². The maximum atomic E-state index is 11.1. The number of pyridine rings is 2. The van der Waals surface area contributed by atoms with E-state index in [1.165, 1.54) is 19.1 Å². The van der Waals surface area contributed by atoms with Gasteiger partial charge in [-0.2, -0.15) is 9.97 Å². The molecular weight excluding hydrogens is 460 g/mol. The van der Waals surface area contributed by atoms with Crippen molar-refractivity contribution in [2.24, 2.45) is 0 Å². The van der Waals surface area contributed by atoms with Gasteiger partial charge in [-0.25, -0.2) is 9.59 Å². The Labute approximate surface area is 201 Å². The van der Waals surface area contributed by atoms with Crippen LogP contribution < -0.4 is 30.7 Å². The molecule has 13 nitrogen and oxygen atoms in total. The van der Waals surface area contributed by atoms with E-state index in [2.05, 4.69) is 9.97 Å². The third-order valence-corrected chi connectivity index (χ3v) is 5.88. The van der Waals surface area contributed by atoms with Crippen LogP contribution in [0.5, 0.6) is 11.8 Å². The minimum absolute atomic E-state index is 0.248. The zero-order chi connectivity index (χ0) is 25.7. The average molecular weight is 491 g/mol. The van der Waals surface area contributed by atoms with Crippen LogP contribution in [0.4, 0.5) is 23.0 Å². The number of carboxylic acid groups (broad SMARTS) is 2. The second kappa shape index (κ2) is 11.0. The second-order valence-electron chi connectivity index (χ2n) is 8.06. The molecule has 2 aromatic heterocycles. The lowest BCUT2D eigenvalue weighted by molar-refractivity contribution is -0.140. The van der Waals surface area contributed by atoms with Crippen LogP contribution in [0.3, 0.4) is 0 Å². The van der Waals surface area contributed by atoms with Crippen molar-refractivity contribution in [3.63, 3.8) is 0 Å². The average Bonchev–Trinajstić information content (AvgIpc) is 3.47. The van der Waals surface area contributed by atoms with Crippen LogP contribution in [0.2, 0.25) is 0 Å². The highest BCUT2D eigenvalue weighted by atomic mass is 16.5. The van der Waals surface area contributed by atoms with E-state index in [1.54, 1.807) is 29.2 Å². The summed E-state index contributed by atoms with van der Waals surface area (Å²) < 4.78 is 10.0. The molecule has 13 heteroatoms. The normalized spacial score (nSPS) is 21.3. The van der Waals surface area contributed by atoms with Crippen LogP contribution in [0, 0.1) is 0 Å². The molecule has 2 saturated heterocycles. The maximum absolute atomic E-state index is 11.1. The first-order chi connectivity index (χ1) is 16.7. The van der Waals surface area contributed by atoms with Crippen molar-refractivity contribution in [1.29, 1.82) is 0 Å². The highest BCUT2D eigenvalue weighted by Gasteiger charge is 2.39. The van der Waals surface area contributed by atoms with E-state index in [4.69, 9.17) is 31.2 Å². The van der Waals surface area contributed by atoms with Gasteiger partial charge in [0, 0.05) is 13.1 Å². The van der Waals surface area contributed by atoms with Crippen LogP contribution >= 0.6 is 0 Å². The van der Waals surface area contributed by atoms with Crippen LogP contribution in [0.1, 0.15) is 19.3 Å². The number of aromatic nitrogens is 2. The molecule has 3 atom stereocenters. The zero-order valence-corrected chi connectivity index (χ0v) is 19.5. The van der Waals surface area contributed by atoms with Crippen LogP contribution in [-0.2, 0) is 9.59 Å². The first kappa shape index (κ1) is 25.6. The summed E-state index contributed by atoms with van der Waals surface area (Å²) in [4.78, 5) is 33.9. The first-order valence-electron chi connectivity index (χ1n) is 11.0. The Morgan fingerprint density at radius 2 is 1.43 bits per heavy atom. The van der Waals surface area contributed by atoms with E-state index in [0.717, 1.165) is 6.42 Å². The number of nitrogens with zero attached hydrogens (tertiary/aromatic N) is 4. The standard InChI is InChI=1S/C11H15N3O4.C11H15N3O3/c1-18-10-6(12)2-3-8(13-10)14-5-4-7(15)9(14)11(16)17;1-17-10-7(12)4-5-9(13-10)14-6-2-3-8(14)11(15)16/h2-3,7,9,15H,4-5,12H2,1H3,(H,16,17);4-5,8H,2-3,6,12H2,1H3,(H,15,16). The predicted octanol–water partition coefficient (Wildman–Crippen LogP) is 0.422. The Morgan fingerprint density at radius 1 is 0.886 bits per heavy atom. The fraction of sp³-hybridized carbons (Fsp3) is 0.455. The lowest BCUT2D eigenvalue weighted by Gasteiger charge is -2.24. The smallest absolute Gasteiger partial charge is 0.329 e. The number of nitrogen functional groups attached to an aromatic ring is 2. The summed E-state index contributed by atoms with van der Waals surface area (Å²) in [5.74, 6) is -0.278. The molecule has 7 N–H and O–H groups in total. The van der Waals surface area contributed by atoms with Crippen molar-refractivity contribution < 1.29 is 34.4 Å². The van der Waals surface area contributed by atoms with Crippen LogP contribution in [0.15, 0.2) is 24.3 Å². The number of nitrogens with two attached hydrogens (primary N) is 2. The minimum atomic E-state index is -1.07. The third-order valence-electron chi connectivity index (χ3n) is 5.88. The number of carboxylic acids is 2. The van der Waals surface area contributed by atoms with E-state index in [0.29, 0.717) is 54.8 Å². The lowest BCUT2D eigenvalue weighted by atomic mass is 10.2. The number of aliphatic hydroxyl groups is 1. The molecule has 0 saturated carbocycles. The van der Waals surface area contributed by atoms with E-state index in [1.807, 2.05) is 0 Å². The van der Waals surface area contributed by atoms with E-state index in [-0.39, 0.29) is 5.88 Å². The van der Waals surface area contributed by atoms with Crippen molar-refractivity contribution in [3.05, 3.63) is 24.3 Å². The Kier molecular flexibility index (Phi) is 8.02. The Bertz CT molecular complexity index is 1070. The molecule has 0 spiro atoms. The van der Waals surface area contributed by atoms with Crippen molar-refractivity contribution in [1.82, 2.24) is 9.97 Å². The number of aliphatic carboxylic acids is 2. The Balaban J connectivity index is 0.000000196. The number of rotatable bonds is 6. The van der Waals surface area contributed by atoms with Crippen LogP contribution in [-0.4, -0.2) is 82.7 Å². The van der Waals surface area contributed by atoms with Gasteiger partial charge in [-0.05, 0) is 43.5 Å². The second-order valence-corrected chi connectivity index (χ2v) is 8.06. The minimum Gasteiger partial charge on any atom is -0.480 e. The first-order valence-corrected chi connectivity index (χ1v) is 11.0. The summed E-state index contributed by atoms with van der Waals surface area (Å²) in [7, 11) is 2.93. The number of methoxy groups -OCH3 is 2. The molecule has 4 heterocycles. The fourth-order valence-electron chi connectivity index (χ4n) is 4.16. The molecule has 4 rings (SSSR count). The summed E-state index contributed by atoms with van der Waals surface area (Å²) in [6, 6.07) is 5.13. The zero-order valence-electron chi connectivity index (χ0n) is 19.5. The van der Waals surface area contributed by atoms with Gasteiger partial charge in [0.05, 0.1) is 31.7 Å². The van der Waals surface area contributed by atoms with Crippen LogP contribution in [0.25, 0.3) is 0 Å². The summed E-state index contributed by atoms with van der Waals surface area (Å²) in [5, 5.41) is 27.9. The van der Waals surface area contributed by atoms with Crippen molar-refractivity contribution >= 4 is 34.9 Å². The monoisotopic (exact) mass is 490 g/mol. The molecule has 2 aromatic rings. The molecule has 2 aliphatic heterocycles. The SMILES string of the molecule is COc1nc(N2CCC(O)C2C(=O)O)ccc1N.COc1nc(N2CCCC2C(=O)O)ccc1N. The number of hydrogen-bond acceptors (Lipinski definition) is 11. The van der Waals surface area contributed by atoms with Gasteiger partial charge in [-0.1, -0.05) is 0 Å². The fourth-order valence-corrected chi connectivity index (χ4v) is 4.16. The molecule has 2 fully saturated rings. The van der Waals surface area contributed by atoms with Gasteiger partial charge in [0.2, 0.25) is 11.8 Å². The quantitative estimate of drug-likeness (QED) is 0.374. The number of carbonyl (C=O) groups is 2. The maximum Gasteiger partial charge on any atom is 0.329 e. The van der Waals surface area contributed by atoms with E-state index in [9.17, 15) is 14.7 Å². The topological polar surface area (TPSA) is 198 Å². The van der Waals surface area contributed by atoms with Gasteiger partial charge in [0.25, 0.3) is 0 Å². The molecule has 35 heavy (non-hydrogen) atoms. The van der Waals surface area contributed by atoms with Gasteiger partial charge in [-0.3, -0.25) is 0 Å². The lowest BCUT2D eigenvalue weighted by Crippen LogP contribution is -2.42. The highest BCUT2D eigenvalue weighted by Crippen LogP contribution is 2.29. The predicted molar refractivity (Wildman–Crippen MR) is 128 cm³/mol. The van der Waals surface area contributed by atoms with Crippen molar-refractivity contribution in [2.75, 3.05) is 48.6 Å². The van der Waals surface area contributed by atoms with E-state index < -0.39 is 30.1 Å². The van der Waals surface area contributed by atoms with Gasteiger partial charge >= 0.3 is 11.9 Å². The summed E-state index contributed by atoms with van der Waals surface area (Å²) >= 11 is 0. The Morgan fingerprint density at radius 3 is 1.91 bits per heavy atom. The summed E-state index contributed by atoms with van der Waals surface area (Å²) in [6.45, 7) is 1.12. The molecule has 0 aromatic carbocycles. The summed E-state index contributed by atoms with van der Waals surface area (Å²) in [6.07, 6.45) is 0.994. The van der Waals surface area contributed by atoms with Crippen molar-refractivity contribution in [3.8, 4) is 11.8 Å². The van der Waals surface area contributed by atoms with E-state index >= 15 is 0 Å². The number of hydrogen-bond donors (Lipinski definition) is 5. The molecule has 0 aliphatic carbocycles.